The zero-order valence-corrected chi connectivity index (χ0v) is 10.9. The van der Waals surface area contributed by atoms with Gasteiger partial charge < -0.3 is 11.1 Å². The SMILES string of the molecule is CC(CN)NCc1ccc(Br)cc1C(F)(F)F. The summed E-state index contributed by atoms with van der Waals surface area (Å²) in [7, 11) is 0. The fourth-order valence-corrected chi connectivity index (χ4v) is 1.70. The largest absolute Gasteiger partial charge is 0.416 e. The van der Waals surface area contributed by atoms with E-state index in [-0.39, 0.29) is 18.2 Å². The van der Waals surface area contributed by atoms with Gasteiger partial charge in [0, 0.05) is 23.6 Å². The molecule has 1 aromatic rings. The van der Waals surface area contributed by atoms with Gasteiger partial charge in [-0.1, -0.05) is 22.0 Å². The fourth-order valence-electron chi connectivity index (χ4n) is 1.33. The minimum atomic E-state index is -4.34. The first-order valence-corrected chi connectivity index (χ1v) is 5.93. The van der Waals surface area contributed by atoms with Gasteiger partial charge in [-0.2, -0.15) is 13.2 Å². The highest BCUT2D eigenvalue weighted by Crippen LogP contribution is 2.33. The molecule has 0 aliphatic rings. The second-order valence-corrected chi connectivity index (χ2v) is 4.73. The number of hydrogen-bond acceptors (Lipinski definition) is 2. The first kappa shape index (κ1) is 14.5. The molecule has 0 saturated carbocycles. The lowest BCUT2D eigenvalue weighted by Gasteiger charge is -2.16. The first-order valence-electron chi connectivity index (χ1n) is 5.13. The summed E-state index contributed by atoms with van der Waals surface area (Å²) in [5.74, 6) is 0. The molecule has 0 aromatic heterocycles. The van der Waals surface area contributed by atoms with Crippen molar-refractivity contribution in [1.82, 2.24) is 5.32 Å². The van der Waals surface area contributed by atoms with E-state index in [1.165, 1.54) is 6.07 Å². The monoisotopic (exact) mass is 310 g/mol. The molecule has 0 amide bonds. The molecule has 0 aliphatic carbocycles. The van der Waals surface area contributed by atoms with Crippen molar-refractivity contribution in [1.29, 1.82) is 0 Å². The number of benzene rings is 1. The van der Waals surface area contributed by atoms with E-state index in [2.05, 4.69) is 21.2 Å². The zero-order valence-electron chi connectivity index (χ0n) is 9.31. The van der Waals surface area contributed by atoms with Crippen molar-refractivity contribution in [2.45, 2.75) is 25.7 Å². The van der Waals surface area contributed by atoms with Gasteiger partial charge >= 0.3 is 6.18 Å². The molecule has 0 bridgehead atoms. The van der Waals surface area contributed by atoms with E-state index >= 15 is 0 Å². The normalized spacial score (nSPS) is 13.8. The Labute approximate surface area is 107 Å². The minimum absolute atomic E-state index is 0.0141. The van der Waals surface area contributed by atoms with Crippen LogP contribution in [0.1, 0.15) is 18.1 Å². The van der Waals surface area contributed by atoms with E-state index in [1.54, 1.807) is 6.07 Å². The van der Waals surface area contributed by atoms with E-state index in [9.17, 15) is 13.2 Å². The van der Waals surface area contributed by atoms with E-state index in [0.717, 1.165) is 6.07 Å². The van der Waals surface area contributed by atoms with Crippen molar-refractivity contribution >= 4 is 15.9 Å². The van der Waals surface area contributed by atoms with Crippen LogP contribution < -0.4 is 11.1 Å². The van der Waals surface area contributed by atoms with Gasteiger partial charge in [-0.3, -0.25) is 0 Å². The number of nitrogens with one attached hydrogen (secondary N) is 1. The Hall–Kier alpha value is -0.590. The molecule has 0 fully saturated rings. The molecular weight excluding hydrogens is 297 g/mol. The number of rotatable bonds is 4. The predicted octanol–water partition coefficient (Wildman–Crippen LogP) is 2.90. The van der Waals surface area contributed by atoms with Crippen LogP contribution in [0.5, 0.6) is 0 Å². The standard InChI is InChI=1S/C11H14BrF3N2/c1-7(5-16)17-6-8-2-3-9(12)4-10(8)11(13,14)15/h2-4,7,17H,5-6,16H2,1H3. The van der Waals surface area contributed by atoms with Crippen LogP contribution >= 0.6 is 15.9 Å². The third-order valence-electron chi connectivity index (χ3n) is 2.37. The van der Waals surface area contributed by atoms with E-state index in [0.29, 0.717) is 11.0 Å². The van der Waals surface area contributed by atoms with Crippen molar-refractivity contribution in [3.8, 4) is 0 Å². The van der Waals surface area contributed by atoms with Crippen molar-refractivity contribution in [2.75, 3.05) is 6.54 Å². The van der Waals surface area contributed by atoms with Crippen LogP contribution in [0, 0.1) is 0 Å². The van der Waals surface area contributed by atoms with Crippen LogP contribution in [-0.4, -0.2) is 12.6 Å². The molecule has 1 rings (SSSR count). The van der Waals surface area contributed by atoms with Gasteiger partial charge in [-0.25, -0.2) is 0 Å². The highest BCUT2D eigenvalue weighted by atomic mass is 79.9. The summed E-state index contributed by atoms with van der Waals surface area (Å²) in [5, 5.41) is 2.94. The maximum Gasteiger partial charge on any atom is 0.416 e. The number of hydrogen-bond donors (Lipinski definition) is 2. The van der Waals surface area contributed by atoms with Crippen LogP contribution in [-0.2, 0) is 12.7 Å². The Kier molecular flexibility index (Phi) is 4.97. The highest BCUT2D eigenvalue weighted by Gasteiger charge is 2.33. The van der Waals surface area contributed by atoms with Gasteiger partial charge in [0.15, 0.2) is 0 Å². The highest BCUT2D eigenvalue weighted by molar-refractivity contribution is 9.10. The topological polar surface area (TPSA) is 38.0 Å². The lowest BCUT2D eigenvalue weighted by atomic mass is 10.1. The van der Waals surface area contributed by atoms with Gasteiger partial charge in [0.25, 0.3) is 0 Å². The molecule has 6 heteroatoms. The summed E-state index contributed by atoms with van der Waals surface area (Å²) >= 11 is 3.04. The molecule has 0 heterocycles. The molecular formula is C11H14BrF3N2. The van der Waals surface area contributed by atoms with Crippen molar-refractivity contribution in [2.24, 2.45) is 5.73 Å². The molecule has 0 aliphatic heterocycles. The van der Waals surface area contributed by atoms with Crippen LogP contribution in [0.3, 0.4) is 0 Å². The number of halogens is 4. The maximum absolute atomic E-state index is 12.8. The Morgan fingerprint density at radius 3 is 2.59 bits per heavy atom. The quantitative estimate of drug-likeness (QED) is 0.897. The molecule has 96 valence electrons. The Morgan fingerprint density at radius 1 is 1.41 bits per heavy atom. The van der Waals surface area contributed by atoms with Crippen LogP contribution in [0.25, 0.3) is 0 Å². The van der Waals surface area contributed by atoms with E-state index in [1.807, 2.05) is 6.92 Å². The van der Waals surface area contributed by atoms with Gasteiger partial charge in [0.1, 0.15) is 0 Å². The average molecular weight is 311 g/mol. The minimum Gasteiger partial charge on any atom is -0.329 e. The van der Waals surface area contributed by atoms with Crippen molar-refractivity contribution in [3.63, 3.8) is 0 Å². The van der Waals surface area contributed by atoms with Gasteiger partial charge in [0.2, 0.25) is 0 Å². The predicted molar refractivity (Wildman–Crippen MR) is 64.5 cm³/mol. The third-order valence-corrected chi connectivity index (χ3v) is 2.87. The fraction of sp³-hybridized carbons (Fsp3) is 0.455. The lowest BCUT2D eigenvalue weighted by molar-refractivity contribution is -0.138. The van der Waals surface area contributed by atoms with Crippen LogP contribution in [0.4, 0.5) is 13.2 Å². The first-order chi connectivity index (χ1) is 7.84. The maximum atomic E-state index is 12.8. The second kappa shape index (κ2) is 5.84. The van der Waals surface area contributed by atoms with Crippen molar-refractivity contribution < 1.29 is 13.2 Å². The van der Waals surface area contributed by atoms with E-state index in [4.69, 9.17) is 5.73 Å². The number of alkyl halides is 3. The average Bonchev–Trinajstić information content (AvgIpc) is 2.25. The van der Waals surface area contributed by atoms with Crippen LogP contribution in [0.15, 0.2) is 22.7 Å². The summed E-state index contributed by atoms with van der Waals surface area (Å²) in [5.41, 5.74) is 4.99. The molecule has 1 unspecified atom stereocenters. The third kappa shape index (κ3) is 4.29. The Bertz CT molecular complexity index is 379. The summed E-state index contributed by atoms with van der Waals surface area (Å²) in [6.07, 6.45) is -4.34. The molecule has 2 nitrogen and oxygen atoms in total. The molecule has 0 saturated heterocycles. The second-order valence-electron chi connectivity index (χ2n) is 3.82. The Morgan fingerprint density at radius 2 is 2.06 bits per heavy atom. The van der Waals surface area contributed by atoms with Gasteiger partial charge in [0.05, 0.1) is 5.56 Å². The zero-order chi connectivity index (χ0) is 13.1. The summed E-state index contributed by atoms with van der Waals surface area (Å²) in [6.45, 7) is 2.37. The van der Waals surface area contributed by atoms with Crippen LogP contribution in [0.2, 0.25) is 0 Å². The summed E-state index contributed by atoms with van der Waals surface area (Å²) in [6, 6.07) is 4.13. The molecule has 0 spiro atoms. The molecule has 3 N–H and O–H groups in total. The molecule has 17 heavy (non-hydrogen) atoms. The number of nitrogens with two attached hydrogens (primary N) is 1. The van der Waals surface area contributed by atoms with Gasteiger partial charge in [-0.05, 0) is 24.6 Å². The molecule has 0 radical (unpaired) electrons. The molecule has 1 aromatic carbocycles. The van der Waals surface area contributed by atoms with Crippen molar-refractivity contribution in [3.05, 3.63) is 33.8 Å². The lowest BCUT2D eigenvalue weighted by Crippen LogP contribution is -2.33. The smallest absolute Gasteiger partial charge is 0.329 e. The van der Waals surface area contributed by atoms with E-state index < -0.39 is 11.7 Å². The van der Waals surface area contributed by atoms with Gasteiger partial charge in [-0.15, -0.1) is 0 Å². The summed E-state index contributed by atoms with van der Waals surface area (Å²) in [4.78, 5) is 0. The summed E-state index contributed by atoms with van der Waals surface area (Å²) < 4.78 is 38.7. The Balaban J connectivity index is 2.91. The molecule has 1 atom stereocenters.